The number of aryl methyl sites for hydroxylation is 2. The summed E-state index contributed by atoms with van der Waals surface area (Å²) in [6.45, 7) is 7.67. The molecule has 17 aromatic rings. The molecule has 1 fully saturated rings. The molecular weight excluding hydrogens is 1510 g/mol. The third-order valence-corrected chi connectivity index (χ3v) is 20.2. The Morgan fingerprint density at radius 1 is 0.363 bits per heavy atom. The van der Waals surface area contributed by atoms with Crippen molar-refractivity contribution in [3.8, 4) is 102 Å². The van der Waals surface area contributed by atoms with Crippen molar-refractivity contribution in [2.75, 3.05) is 32.8 Å². The van der Waals surface area contributed by atoms with Gasteiger partial charge >= 0.3 is 6.18 Å². The molecule has 0 aliphatic carbocycles. The van der Waals surface area contributed by atoms with E-state index in [1.54, 1.807) is 16.4 Å². The number of nitrogens with zero attached hydrogens (tertiary/aromatic N) is 17. The van der Waals surface area contributed by atoms with Crippen LogP contribution in [0.15, 0.2) is 261 Å². The van der Waals surface area contributed by atoms with E-state index in [-0.39, 0.29) is 16.3 Å². The first kappa shape index (κ1) is 76.0. The van der Waals surface area contributed by atoms with Gasteiger partial charge in [0.25, 0.3) is 0 Å². The van der Waals surface area contributed by atoms with Crippen LogP contribution in [0.3, 0.4) is 0 Å². The van der Waals surface area contributed by atoms with Crippen molar-refractivity contribution in [2.45, 2.75) is 32.6 Å². The lowest BCUT2D eigenvalue weighted by Crippen LogP contribution is -2.38. The van der Waals surface area contributed by atoms with Gasteiger partial charge < -0.3 is 4.74 Å². The van der Waals surface area contributed by atoms with Crippen LogP contribution in [-0.2, 0) is 38.1 Å². The normalized spacial score (nSPS) is 12.2. The van der Waals surface area contributed by atoms with Crippen LogP contribution in [0.2, 0.25) is 20.1 Å². The molecule has 0 N–H and O–H groups in total. The van der Waals surface area contributed by atoms with Gasteiger partial charge in [0.15, 0.2) is 22.6 Å². The average Bonchev–Trinajstić information content (AvgIpc) is 1.66. The molecule has 0 radical (unpaired) electrons. The van der Waals surface area contributed by atoms with Gasteiger partial charge in [-0.15, -0.1) is 40.8 Å². The largest absolute Gasteiger partial charge is 0.416 e. The number of hydrogen-bond donors (Lipinski definition) is 0. The van der Waals surface area contributed by atoms with E-state index in [0.717, 1.165) is 141 Å². The molecule has 560 valence electrons. The second-order valence-electron chi connectivity index (χ2n) is 26.2. The van der Waals surface area contributed by atoms with E-state index in [2.05, 4.69) is 79.9 Å². The maximum absolute atomic E-state index is 13.0. The van der Waals surface area contributed by atoms with Gasteiger partial charge in [-0.25, -0.2) is 18.7 Å². The zero-order chi connectivity index (χ0) is 78.0. The first-order valence-corrected chi connectivity index (χ1v) is 37.7. The van der Waals surface area contributed by atoms with Crippen LogP contribution in [-0.4, -0.2) is 118 Å². The second kappa shape index (κ2) is 34.5. The van der Waals surface area contributed by atoms with Crippen LogP contribution in [0.5, 0.6) is 0 Å². The van der Waals surface area contributed by atoms with E-state index < -0.39 is 11.7 Å². The van der Waals surface area contributed by atoms with Crippen molar-refractivity contribution in [3.63, 3.8) is 0 Å². The highest BCUT2D eigenvalue weighted by Crippen LogP contribution is 2.43. The summed E-state index contributed by atoms with van der Waals surface area (Å²) < 4.78 is 51.6. The zero-order valence-corrected chi connectivity index (χ0v) is 64.2. The summed E-state index contributed by atoms with van der Waals surface area (Å²) >= 11 is 27.2. The molecule has 1 aliphatic heterocycles. The highest BCUT2D eigenvalue weighted by molar-refractivity contribution is 6.40. The molecule has 9 aromatic carbocycles. The van der Waals surface area contributed by atoms with E-state index in [9.17, 15) is 13.2 Å². The molecular formula is C88H68Cl4F3N17O. The third kappa shape index (κ3) is 16.7. The van der Waals surface area contributed by atoms with Crippen molar-refractivity contribution in [3.05, 3.63) is 298 Å². The second-order valence-corrected chi connectivity index (χ2v) is 27.7. The Hall–Kier alpha value is -12.4. The molecule has 1 saturated heterocycles. The van der Waals surface area contributed by atoms with E-state index in [1.165, 1.54) is 12.1 Å². The molecule has 25 heteroatoms. The highest BCUT2D eigenvalue weighted by Gasteiger charge is 2.32. The van der Waals surface area contributed by atoms with Gasteiger partial charge in [-0.2, -0.15) is 33.6 Å². The predicted octanol–water partition coefficient (Wildman–Crippen LogP) is 20.5. The molecule has 0 spiro atoms. The molecule has 8 aromatic heterocycles. The van der Waals surface area contributed by atoms with Crippen LogP contribution in [0.25, 0.3) is 134 Å². The highest BCUT2D eigenvalue weighted by atomic mass is 35.5. The average molecular weight is 1580 g/mol. The Balaban J connectivity index is 0.000000119. The number of hydrogen-bond acceptors (Lipinski definition) is 14. The number of rotatable bonds is 13. The zero-order valence-electron chi connectivity index (χ0n) is 61.1. The minimum Gasteiger partial charge on any atom is -0.379 e. The Morgan fingerprint density at radius 2 is 0.699 bits per heavy atom. The van der Waals surface area contributed by atoms with Crippen molar-refractivity contribution in [2.24, 2.45) is 14.1 Å². The van der Waals surface area contributed by atoms with E-state index in [1.807, 2.05) is 248 Å². The van der Waals surface area contributed by atoms with Crippen LogP contribution in [0.1, 0.15) is 30.0 Å². The van der Waals surface area contributed by atoms with E-state index in [4.69, 9.17) is 61.3 Å². The van der Waals surface area contributed by atoms with Gasteiger partial charge in [0.05, 0.1) is 73.5 Å². The molecule has 18 rings (SSSR count). The van der Waals surface area contributed by atoms with Crippen molar-refractivity contribution < 1.29 is 17.9 Å². The molecule has 113 heavy (non-hydrogen) atoms. The van der Waals surface area contributed by atoms with E-state index >= 15 is 0 Å². The maximum atomic E-state index is 13.0. The fourth-order valence-electron chi connectivity index (χ4n) is 13.2. The van der Waals surface area contributed by atoms with Crippen LogP contribution in [0.4, 0.5) is 13.2 Å². The van der Waals surface area contributed by atoms with Gasteiger partial charge in [0.1, 0.15) is 45.6 Å². The summed E-state index contributed by atoms with van der Waals surface area (Å²) in [5.41, 5.74) is 15.9. The smallest absolute Gasteiger partial charge is 0.379 e. The Bertz CT molecular complexity index is 6260. The molecule has 9 heterocycles. The van der Waals surface area contributed by atoms with Crippen molar-refractivity contribution in [1.29, 1.82) is 0 Å². The minimum absolute atomic E-state index is 0.181. The van der Waals surface area contributed by atoms with Crippen LogP contribution in [0, 0.1) is 11.8 Å². The lowest BCUT2D eigenvalue weighted by atomic mass is 10.0. The molecule has 0 unspecified atom stereocenters. The summed E-state index contributed by atoms with van der Waals surface area (Å²) in [5, 5.41) is 58.7. The van der Waals surface area contributed by atoms with Gasteiger partial charge in [0, 0.05) is 90.2 Å². The summed E-state index contributed by atoms with van der Waals surface area (Å²) in [6, 6.07) is 82.2. The summed E-state index contributed by atoms with van der Waals surface area (Å²) in [4.78, 5) is 2.38. The quantitative estimate of drug-likeness (QED) is 0.0992. The fourth-order valence-corrected chi connectivity index (χ4v) is 14.5. The molecule has 0 amide bonds. The van der Waals surface area contributed by atoms with Gasteiger partial charge in [-0.3, -0.25) is 4.90 Å². The summed E-state index contributed by atoms with van der Waals surface area (Å²) in [5.74, 6) is 6.27. The van der Waals surface area contributed by atoms with Crippen LogP contribution >= 0.6 is 46.4 Å². The number of ether oxygens (including phenoxy) is 1. The lowest BCUT2D eigenvalue weighted by Gasteiger charge is -2.26. The molecule has 0 saturated carbocycles. The first-order valence-electron chi connectivity index (χ1n) is 36.2. The van der Waals surface area contributed by atoms with Gasteiger partial charge in [0.2, 0.25) is 0 Å². The molecule has 0 atom stereocenters. The van der Waals surface area contributed by atoms with Crippen LogP contribution < -0.4 is 0 Å². The Kier molecular flexibility index (Phi) is 23.2. The number of halogens is 7. The number of alkyl halides is 3. The molecule has 18 nitrogen and oxygen atoms in total. The summed E-state index contributed by atoms with van der Waals surface area (Å²) in [7, 11) is 3.56. The third-order valence-electron chi connectivity index (χ3n) is 18.8. The van der Waals surface area contributed by atoms with Gasteiger partial charge in [-0.1, -0.05) is 302 Å². The standard InChI is InChI=1S/C24H17ClN4.C23H22ClN5O.C22H17ClN4.C19H12ClF3N4/c25-21-20-22(18-12-6-2-7-13-18)28-29(16-17-10-4-1-5-11-17)24(20)27-26-23(21)19-14-8-3-9-15-19;24-20-19-21(17-7-3-1-4-8-17)27-29(12-11-28-13-15-30-16-14-28)23(19)26-25-22(20)18-9-5-2-6-10-18;1-3-4-9-15-10-8-13-17(14-15)20-18-19(23)21(16-11-6-5-7-12-16)24-25-22(18)27(2)26-20;1-27-18-14(16(26-27)11-6-3-2-4-7-11)15(20)17(24-25-18)12-8-5-9-13(10-12)19(21,22)23/h1-15H,16H2;1-10H,11-16H2;5-8,10-14H,3H2,1-2H3;2-10H,1H3. The monoisotopic (exact) mass is 1580 g/mol. The Labute approximate surface area is 668 Å². The molecule has 1 aliphatic rings. The van der Waals surface area contributed by atoms with E-state index in [0.29, 0.717) is 72.4 Å². The summed E-state index contributed by atoms with van der Waals surface area (Å²) in [6.07, 6.45) is -3.64. The predicted molar refractivity (Wildman–Crippen MR) is 442 cm³/mol. The number of aromatic nitrogens is 16. The fraction of sp³-hybridized carbons (Fsp3) is 0.136. The number of fused-ring (bicyclic) bond motifs is 4. The first-order chi connectivity index (χ1) is 55.2. The van der Waals surface area contributed by atoms with Crippen molar-refractivity contribution >= 4 is 90.5 Å². The topological polar surface area (TPSA) is 187 Å². The minimum atomic E-state index is -4.45. The Morgan fingerprint density at radius 3 is 1.12 bits per heavy atom. The van der Waals surface area contributed by atoms with Gasteiger partial charge in [-0.05, 0) is 29.8 Å². The van der Waals surface area contributed by atoms with Crippen molar-refractivity contribution in [1.82, 2.24) is 84.8 Å². The lowest BCUT2D eigenvalue weighted by molar-refractivity contribution is -0.137. The number of benzene rings is 9. The SMILES string of the molecule is CCC#Cc1cccc(-c2nn(C)c3nnc(-c4ccccc4)c(Cl)c23)c1.Clc1c(-c2ccccc2)nnc2c1c(-c1ccccc1)nn2CCN1CCOCC1.Clc1c(-c2ccccc2)nnc2c1c(-c1ccccc1)nn2Cc1ccccc1.Cn1nc(-c2ccccc2)c2c(Cl)c(-c3cccc(C(F)(F)F)c3)nnc21. The molecule has 0 bridgehead atoms. The number of morpholine rings is 1. The maximum Gasteiger partial charge on any atom is 0.416 e.